The zero-order valence-corrected chi connectivity index (χ0v) is 12.6. The van der Waals surface area contributed by atoms with Crippen LogP contribution in [0.4, 0.5) is 0 Å². The normalized spacial score (nSPS) is 13.3. The van der Waals surface area contributed by atoms with Gasteiger partial charge in [0, 0.05) is 30.8 Å². The minimum Gasteiger partial charge on any atom is -0.481 e. The molecule has 0 spiro atoms. The number of pyridine rings is 1. The molecule has 116 valence electrons. The maximum atomic E-state index is 12.0. The quantitative estimate of drug-likeness (QED) is 0.766. The van der Waals surface area contributed by atoms with E-state index < -0.39 is 5.97 Å². The van der Waals surface area contributed by atoms with Crippen LogP contribution in [-0.2, 0) is 4.79 Å². The standard InChI is InChI=1S/C15H22N2O4/c1-4-11(3)21-13-8-12(5-6-16-13)15(20)17-9-10(2)7-14(18)19/h5-6,8,10-11H,4,7,9H2,1-3H3,(H,17,20)(H,18,19). The number of rotatable bonds is 8. The number of nitrogens with one attached hydrogen (secondary N) is 1. The highest BCUT2D eigenvalue weighted by molar-refractivity contribution is 5.94. The molecular weight excluding hydrogens is 272 g/mol. The van der Waals surface area contributed by atoms with Gasteiger partial charge in [-0.15, -0.1) is 0 Å². The van der Waals surface area contributed by atoms with Crippen molar-refractivity contribution in [1.82, 2.24) is 10.3 Å². The lowest BCUT2D eigenvalue weighted by Crippen LogP contribution is -2.29. The summed E-state index contributed by atoms with van der Waals surface area (Å²) in [5, 5.41) is 11.4. The summed E-state index contributed by atoms with van der Waals surface area (Å²) in [6, 6.07) is 3.18. The topological polar surface area (TPSA) is 88.5 Å². The first-order valence-electron chi connectivity index (χ1n) is 7.05. The number of hydrogen-bond donors (Lipinski definition) is 2. The molecule has 0 aliphatic carbocycles. The number of carboxylic acids is 1. The Hall–Kier alpha value is -2.11. The van der Waals surface area contributed by atoms with Gasteiger partial charge in [0.05, 0.1) is 6.10 Å². The maximum Gasteiger partial charge on any atom is 0.303 e. The van der Waals surface area contributed by atoms with Gasteiger partial charge >= 0.3 is 5.97 Å². The van der Waals surface area contributed by atoms with Crippen LogP contribution in [0.25, 0.3) is 0 Å². The van der Waals surface area contributed by atoms with Crippen LogP contribution >= 0.6 is 0 Å². The van der Waals surface area contributed by atoms with Crippen molar-refractivity contribution in [3.63, 3.8) is 0 Å². The predicted molar refractivity (Wildman–Crippen MR) is 78.4 cm³/mol. The van der Waals surface area contributed by atoms with Gasteiger partial charge in [-0.25, -0.2) is 4.98 Å². The zero-order chi connectivity index (χ0) is 15.8. The monoisotopic (exact) mass is 294 g/mol. The van der Waals surface area contributed by atoms with Gasteiger partial charge in [-0.3, -0.25) is 9.59 Å². The second-order valence-corrected chi connectivity index (χ2v) is 5.13. The van der Waals surface area contributed by atoms with Crippen molar-refractivity contribution >= 4 is 11.9 Å². The minimum absolute atomic E-state index is 0.0268. The number of hydrogen-bond acceptors (Lipinski definition) is 4. The van der Waals surface area contributed by atoms with Gasteiger partial charge in [0.25, 0.3) is 5.91 Å². The molecule has 2 unspecified atom stereocenters. The summed E-state index contributed by atoms with van der Waals surface area (Å²) in [6.07, 6.45) is 2.43. The zero-order valence-electron chi connectivity index (χ0n) is 12.6. The van der Waals surface area contributed by atoms with Crippen LogP contribution < -0.4 is 10.1 Å². The van der Waals surface area contributed by atoms with E-state index in [1.165, 1.54) is 6.20 Å². The Kier molecular flexibility index (Phi) is 6.65. The SMILES string of the molecule is CCC(C)Oc1cc(C(=O)NCC(C)CC(=O)O)ccn1. The second-order valence-electron chi connectivity index (χ2n) is 5.13. The number of ether oxygens (including phenoxy) is 1. The molecule has 2 atom stereocenters. The van der Waals surface area contributed by atoms with Crippen molar-refractivity contribution in [3.05, 3.63) is 23.9 Å². The number of nitrogens with zero attached hydrogens (tertiary/aromatic N) is 1. The smallest absolute Gasteiger partial charge is 0.303 e. The molecular formula is C15H22N2O4. The lowest BCUT2D eigenvalue weighted by Gasteiger charge is -2.13. The average molecular weight is 294 g/mol. The molecule has 0 fully saturated rings. The molecule has 0 saturated heterocycles. The van der Waals surface area contributed by atoms with E-state index in [9.17, 15) is 9.59 Å². The Morgan fingerprint density at radius 2 is 2.14 bits per heavy atom. The number of carbonyl (C=O) groups is 2. The number of carboxylic acid groups (broad SMARTS) is 1. The Labute approximate surface area is 124 Å². The van der Waals surface area contributed by atoms with Crippen LogP contribution in [0.1, 0.15) is 44.0 Å². The molecule has 1 aromatic heterocycles. The molecule has 1 rings (SSSR count). The molecule has 1 aromatic rings. The number of amides is 1. The molecule has 6 nitrogen and oxygen atoms in total. The highest BCUT2D eigenvalue weighted by Gasteiger charge is 2.12. The fourth-order valence-electron chi connectivity index (χ4n) is 1.64. The lowest BCUT2D eigenvalue weighted by atomic mass is 10.1. The van der Waals surface area contributed by atoms with Crippen molar-refractivity contribution in [1.29, 1.82) is 0 Å². The first-order chi connectivity index (χ1) is 9.92. The van der Waals surface area contributed by atoms with Crippen molar-refractivity contribution in [2.45, 2.75) is 39.7 Å². The summed E-state index contributed by atoms with van der Waals surface area (Å²) in [5.74, 6) is -0.840. The number of aromatic nitrogens is 1. The van der Waals surface area contributed by atoms with Gasteiger partial charge in [0.1, 0.15) is 0 Å². The molecule has 6 heteroatoms. The molecule has 1 amide bonds. The Morgan fingerprint density at radius 3 is 2.76 bits per heavy atom. The van der Waals surface area contributed by atoms with E-state index >= 15 is 0 Å². The summed E-state index contributed by atoms with van der Waals surface area (Å²) < 4.78 is 5.56. The Balaban J connectivity index is 2.58. The minimum atomic E-state index is -0.870. The van der Waals surface area contributed by atoms with E-state index in [1.54, 1.807) is 19.1 Å². The third-order valence-electron chi connectivity index (χ3n) is 3.03. The second kappa shape index (κ2) is 8.24. The van der Waals surface area contributed by atoms with E-state index in [1.807, 2.05) is 13.8 Å². The maximum absolute atomic E-state index is 12.0. The van der Waals surface area contributed by atoms with Crippen LogP contribution in [0.2, 0.25) is 0 Å². The third-order valence-corrected chi connectivity index (χ3v) is 3.03. The fourth-order valence-corrected chi connectivity index (χ4v) is 1.64. The first kappa shape index (κ1) is 16.9. The van der Waals surface area contributed by atoms with E-state index in [-0.39, 0.29) is 24.3 Å². The van der Waals surface area contributed by atoms with Crippen molar-refractivity contribution in [2.24, 2.45) is 5.92 Å². The first-order valence-corrected chi connectivity index (χ1v) is 7.05. The molecule has 0 aliphatic heterocycles. The summed E-state index contributed by atoms with van der Waals surface area (Å²) >= 11 is 0. The van der Waals surface area contributed by atoms with Crippen LogP contribution in [0.3, 0.4) is 0 Å². The van der Waals surface area contributed by atoms with Gasteiger partial charge < -0.3 is 15.2 Å². The van der Waals surface area contributed by atoms with Crippen LogP contribution in [0.15, 0.2) is 18.3 Å². The average Bonchev–Trinajstić information content (AvgIpc) is 2.44. The van der Waals surface area contributed by atoms with E-state index in [2.05, 4.69) is 10.3 Å². The molecule has 1 heterocycles. The van der Waals surface area contributed by atoms with Crippen LogP contribution in [-0.4, -0.2) is 34.6 Å². The number of carbonyl (C=O) groups excluding carboxylic acids is 1. The van der Waals surface area contributed by atoms with Crippen LogP contribution in [0, 0.1) is 5.92 Å². The van der Waals surface area contributed by atoms with Gasteiger partial charge in [-0.05, 0) is 25.3 Å². The third kappa shape index (κ3) is 6.25. The summed E-state index contributed by atoms with van der Waals surface area (Å²) in [4.78, 5) is 26.6. The van der Waals surface area contributed by atoms with Crippen molar-refractivity contribution < 1.29 is 19.4 Å². The summed E-state index contributed by atoms with van der Waals surface area (Å²) in [5.41, 5.74) is 0.450. The molecule has 0 saturated carbocycles. The van der Waals surface area contributed by atoms with Gasteiger partial charge in [-0.1, -0.05) is 13.8 Å². The van der Waals surface area contributed by atoms with E-state index in [4.69, 9.17) is 9.84 Å². The molecule has 21 heavy (non-hydrogen) atoms. The molecule has 0 bridgehead atoms. The Morgan fingerprint density at radius 1 is 1.43 bits per heavy atom. The Bertz CT molecular complexity index is 490. The lowest BCUT2D eigenvalue weighted by molar-refractivity contribution is -0.137. The van der Waals surface area contributed by atoms with Crippen LogP contribution in [0.5, 0.6) is 5.88 Å². The molecule has 0 aliphatic rings. The van der Waals surface area contributed by atoms with Gasteiger partial charge in [0.15, 0.2) is 0 Å². The summed E-state index contributed by atoms with van der Waals surface area (Å²) in [7, 11) is 0. The number of aliphatic carboxylic acids is 1. The van der Waals surface area contributed by atoms with E-state index in [0.29, 0.717) is 18.0 Å². The molecule has 0 aromatic carbocycles. The van der Waals surface area contributed by atoms with Crippen molar-refractivity contribution in [2.75, 3.05) is 6.54 Å². The summed E-state index contributed by atoms with van der Waals surface area (Å²) in [6.45, 7) is 6.03. The largest absolute Gasteiger partial charge is 0.481 e. The predicted octanol–water partition coefficient (Wildman–Crippen LogP) is 2.10. The van der Waals surface area contributed by atoms with Gasteiger partial charge in [-0.2, -0.15) is 0 Å². The molecule has 2 N–H and O–H groups in total. The fraction of sp³-hybridized carbons (Fsp3) is 0.533. The van der Waals surface area contributed by atoms with E-state index in [0.717, 1.165) is 6.42 Å². The van der Waals surface area contributed by atoms with Gasteiger partial charge in [0.2, 0.25) is 5.88 Å². The highest BCUT2D eigenvalue weighted by atomic mass is 16.5. The highest BCUT2D eigenvalue weighted by Crippen LogP contribution is 2.12. The van der Waals surface area contributed by atoms with Crippen molar-refractivity contribution in [3.8, 4) is 5.88 Å². The molecule has 0 radical (unpaired) electrons.